The standard InChI is InChI=1S/C20H14BrN3O4S/c1-27-15-7-4-11(9-13(15)21)18(25)22-12-5-6-14-17(10-12)29-20(23-14)24-19(26)16-3-2-8-28-16/h2-10H,1H3,(H,22,25)(H,23,24,26). The molecule has 29 heavy (non-hydrogen) atoms. The van der Waals surface area contributed by atoms with Crippen molar-refractivity contribution >= 4 is 60.1 Å². The zero-order valence-electron chi connectivity index (χ0n) is 15.1. The van der Waals surface area contributed by atoms with E-state index in [1.807, 2.05) is 6.07 Å². The Hall–Kier alpha value is -3.17. The number of carbonyl (C=O) groups excluding carboxylic acids is 2. The third-order valence-electron chi connectivity index (χ3n) is 4.03. The van der Waals surface area contributed by atoms with E-state index in [4.69, 9.17) is 9.15 Å². The molecule has 0 radical (unpaired) electrons. The van der Waals surface area contributed by atoms with Gasteiger partial charge in [-0.1, -0.05) is 11.3 Å². The van der Waals surface area contributed by atoms with Crippen LogP contribution in [0.5, 0.6) is 5.75 Å². The van der Waals surface area contributed by atoms with E-state index in [1.165, 1.54) is 17.6 Å². The molecule has 2 aromatic heterocycles. The van der Waals surface area contributed by atoms with Gasteiger partial charge in [-0.15, -0.1) is 0 Å². The van der Waals surface area contributed by atoms with Gasteiger partial charge in [0.05, 0.1) is 28.1 Å². The van der Waals surface area contributed by atoms with Crippen LogP contribution in [0.25, 0.3) is 10.2 Å². The molecule has 2 amide bonds. The summed E-state index contributed by atoms with van der Waals surface area (Å²) >= 11 is 4.68. The molecule has 0 aliphatic heterocycles. The van der Waals surface area contributed by atoms with Crippen molar-refractivity contribution in [3.8, 4) is 5.75 Å². The monoisotopic (exact) mass is 471 g/mol. The molecule has 0 saturated carbocycles. The number of hydrogen-bond donors (Lipinski definition) is 2. The van der Waals surface area contributed by atoms with E-state index < -0.39 is 0 Å². The lowest BCUT2D eigenvalue weighted by atomic mass is 10.2. The number of thiazole rings is 1. The topological polar surface area (TPSA) is 93.5 Å². The highest BCUT2D eigenvalue weighted by Crippen LogP contribution is 2.30. The number of halogens is 1. The summed E-state index contributed by atoms with van der Waals surface area (Å²) < 4.78 is 11.8. The van der Waals surface area contributed by atoms with Gasteiger partial charge in [-0.05, 0) is 64.5 Å². The maximum atomic E-state index is 12.5. The first kappa shape index (κ1) is 19.2. The summed E-state index contributed by atoms with van der Waals surface area (Å²) in [6.45, 7) is 0. The van der Waals surface area contributed by atoms with Crippen molar-refractivity contribution in [1.29, 1.82) is 0 Å². The van der Waals surface area contributed by atoms with Gasteiger partial charge in [0, 0.05) is 11.3 Å². The minimum absolute atomic E-state index is 0.211. The van der Waals surface area contributed by atoms with Crippen LogP contribution in [0.2, 0.25) is 0 Å². The molecule has 0 aliphatic carbocycles. The summed E-state index contributed by atoms with van der Waals surface area (Å²) in [5, 5.41) is 6.02. The quantitative estimate of drug-likeness (QED) is 0.418. The number of ether oxygens (including phenoxy) is 1. The lowest BCUT2D eigenvalue weighted by Gasteiger charge is -2.07. The van der Waals surface area contributed by atoms with E-state index in [0.29, 0.717) is 26.6 Å². The molecule has 9 heteroatoms. The van der Waals surface area contributed by atoms with Gasteiger partial charge >= 0.3 is 0 Å². The predicted octanol–water partition coefficient (Wildman–Crippen LogP) is 5.17. The molecule has 4 rings (SSSR count). The maximum Gasteiger partial charge on any atom is 0.293 e. The van der Waals surface area contributed by atoms with Gasteiger partial charge in [-0.25, -0.2) is 4.98 Å². The number of furan rings is 1. The number of benzene rings is 2. The largest absolute Gasteiger partial charge is 0.496 e. The van der Waals surface area contributed by atoms with Crippen LogP contribution in [-0.2, 0) is 0 Å². The molecule has 2 aromatic carbocycles. The fourth-order valence-electron chi connectivity index (χ4n) is 2.63. The van der Waals surface area contributed by atoms with Crippen LogP contribution in [0.4, 0.5) is 10.8 Å². The van der Waals surface area contributed by atoms with Crippen LogP contribution in [0.1, 0.15) is 20.9 Å². The average Bonchev–Trinajstić information content (AvgIpc) is 3.37. The second kappa shape index (κ2) is 8.06. The van der Waals surface area contributed by atoms with Crippen LogP contribution in [-0.4, -0.2) is 23.9 Å². The summed E-state index contributed by atoms with van der Waals surface area (Å²) in [6.07, 6.45) is 1.43. The third-order valence-corrected chi connectivity index (χ3v) is 5.58. The van der Waals surface area contributed by atoms with Crippen molar-refractivity contribution in [2.45, 2.75) is 0 Å². The molecular weight excluding hydrogens is 458 g/mol. The fraction of sp³-hybridized carbons (Fsp3) is 0.0500. The number of rotatable bonds is 5. The van der Waals surface area contributed by atoms with Crippen molar-refractivity contribution in [1.82, 2.24) is 4.98 Å². The van der Waals surface area contributed by atoms with Gasteiger partial charge in [0.25, 0.3) is 11.8 Å². The Morgan fingerprint density at radius 2 is 1.97 bits per heavy atom. The summed E-state index contributed by atoms with van der Waals surface area (Å²) in [5.74, 6) is 0.246. The van der Waals surface area contributed by atoms with Gasteiger partial charge in [-0.3, -0.25) is 14.9 Å². The fourth-order valence-corrected chi connectivity index (χ4v) is 4.07. The van der Waals surface area contributed by atoms with E-state index in [1.54, 1.807) is 49.6 Å². The van der Waals surface area contributed by atoms with Gasteiger partial charge < -0.3 is 14.5 Å². The smallest absolute Gasteiger partial charge is 0.293 e. The van der Waals surface area contributed by atoms with E-state index in [9.17, 15) is 9.59 Å². The SMILES string of the molecule is COc1ccc(C(=O)Nc2ccc3nc(NC(=O)c4ccco4)sc3c2)cc1Br. The Kier molecular flexibility index (Phi) is 5.32. The van der Waals surface area contributed by atoms with Crippen LogP contribution < -0.4 is 15.4 Å². The Morgan fingerprint density at radius 1 is 1.10 bits per heavy atom. The van der Waals surface area contributed by atoms with Crippen LogP contribution in [0.15, 0.2) is 63.7 Å². The van der Waals surface area contributed by atoms with Crippen molar-refractivity contribution in [2.75, 3.05) is 17.7 Å². The van der Waals surface area contributed by atoms with Crippen molar-refractivity contribution in [3.63, 3.8) is 0 Å². The highest BCUT2D eigenvalue weighted by Gasteiger charge is 2.13. The van der Waals surface area contributed by atoms with E-state index >= 15 is 0 Å². The Balaban J connectivity index is 1.50. The lowest BCUT2D eigenvalue weighted by Crippen LogP contribution is -2.11. The number of methoxy groups -OCH3 is 1. The maximum absolute atomic E-state index is 12.5. The molecule has 0 saturated heterocycles. The molecule has 0 aliphatic rings. The van der Waals surface area contributed by atoms with Crippen molar-refractivity contribution in [3.05, 3.63) is 70.6 Å². The number of nitrogens with zero attached hydrogens (tertiary/aromatic N) is 1. The number of anilines is 2. The normalized spacial score (nSPS) is 10.7. The third kappa shape index (κ3) is 4.15. The molecule has 2 N–H and O–H groups in total. The Labute approximate surface area is 177 Å². The summed E-state index contributed by atoms with van der Waals surface area (Å²) in [4.78, 5) is 29.0. The minimum Gasteiger partial charge on any atom is -0.496 e. The van der Waals surface area contributed by atoms with Crippen LogP contribution in [0.3, 0.4) is 0 Å². The highest BCUT2D eigenvalue weighted by molar-refractivity contribution is 9.10. The van der Waals surface area contributed by atoms with Gasteiger partial charge in [0.15, 0.2) is 10.9 Å². The van der Waals surface area contributed by atoms with Gasteiger partial charge in [0.2, 0.25) is 0 Å². The minimum atomic E-state index is -0.368. The lowest BCUT2D eigenvalue weighted by molar-refractivity contribution is 0.0994. The summed E-state index contributed by atoms with van der Waals surface area (Å²) in [6, 6.07) is 13.7. The first-order valence-corrected chi connectivity index (χ1v) is 10.0. The second-order valence-corrected chi connectivity index (χ2v) is 7.82. The van der Waals surface area contributed by atoms with Gasteiger partial charge in [0.1, 0.15) is 5.75 Å². The average molecular weight is 472 g/mol. The van der Waals surface area contributed by atoms with Gasteiger partial charge in [-0.2, -0.15) is 0 Å². The number of carbonyl (C=O) groups is 2. The number of amides is 2. The number of fused-ring (bicyclic) bond motifs is 1. The Morgan fingerprint density at radius 3 is 2.69 bits per heavy atom. The molecule has 7 nitrogen and oxygen atoms in total. The van der Waals surface area contributed by atoms with E-state index in [-0.39, 0.29) is 17.6 Å². The zero-order chi connectivity index (χ0) is 20.4. The Bertz CT molecular complexity index is 1200. The summed E-state index contributed by atoms with van der Waals surface area (Å²) in [5.41, 5.74) is 1.84. The van der Waals surface area contributed by atoms with Crippen molar-refractivity contribution in [2.24, 2.45) is 0 Å². The molecule has 2 heterocycles. The molecular formula is C20H14BrN3O4S. The van der Waals surface area contributed by atoms with E-state index in [2.05, 4.69) is 31.5 Å². The molecule has 146 valence electrons. The van der Waals surface area contributed by atoms with Crippen LogP contribution >= 0.6 is 27.3 Å². The molecule has 0 unspecified atom stereocenters. The highest BCUT2D eigenvalue weighted by atomic mass is 79.9. The second-order valence-electron chi connectivity index (χ2n) is 5.94. The predicted molar refractivity (Wildman–Crippen MR) is 115 cm³/mol. The molecule has 0 spiro atoms. The zero-order valence-corrected chi connectivity index (χ0v) is 17.5. The molecule has 4 aromatic rings. The number of hydrogen-bond acceptors (Lipinski definition) is 6. The first-order chi connectivity index (χ1) is 14.0. The van der Waals surface area contributed by atoms with E-state index in [0.717, 1.165) is 10.2 Å². The number of nitrogens with one attached hydrogen (secondary N) is 2. The molecule has 0 atom stereocenters. The number of aromatic nitrogens is 1. The summed E-state index contributed by atoms with van der Waals surface area (Å²) in [7, 11) is 1.56. The molecule has 0 bridgehead atoms. The molecule has 0 fully saturated rings. The first-order valence-electron chi connectivity index (χ1n) is 8.44. The van der Waals surface area contributed by atoms with Crippen molar-refractivity contribution < 1.29 is 18.7 Å². The van der Waals surface area contributed by atoms with Crippen LogP contribution in [0, 0.1) is 0 Å².